The van der Waals surface area contributed by atoms with Crippen LogP contribution in [0.2, 0.25) is 0 Å². The second-order valence-corrected chi connectivity index (χ2v) is 7.19. The Hall–Kier alpha value is -2.67. The fraction of sp³-hybridized carbons (Fsp3) is 0.333. The molecule has 0 amide bonds. The summed E-state index contributed by atoms with van der Waals surface area (Å²) < 4.78 is 38.7. The van der Waals surface area contributed by atoms with E-state index < -0.39 is 17.5 Å². The SMILES string of the molecule is Oc1cc(C(F)(F)F)ccc1-c1nnc(CC2CCCNC2)c2ccccc12. The molecule has 2 heterocycles. The number of rotatable bonds is 3. The summed E-state index contributed by atoms with van der Waals surface area (Å²) >= 11 is 0. The third-order valence-electron chi connectivity index (χ3n) is 5.22. The van der Waals surface area contributed by atoms with E-state index in [1.165, 1.54) is 6.07 Å². The number of alkyl halides is 3. The molecule has 3 aromatic rings. The molecular formula is C21H20F3N3O. The quantitative estimate of drug-likeness (QED) is 0.692. The summed E-state index contributed by atoms with van der Waals surface area (Å²) in [5.74, 6) is 0.0234. The van der Waals surface area contributed by atoms with Crippen LogP contribution in [0.3, 0.4) is 0 Å². The Morgan fingerprint density at radius 2 is 1.86 bits per heavy atom. The molecule has 0 aliphatic carbocycles. The van der Waals surface area contributed by atoms with Gasteiger partial charge in [0.15, 0.2) is 0 Å². The fourth-order valence-electron chi connectivity index (χ4n) is 3.79. The Bertz CT molecular complexity index is 998. The number of benzene rings is 2. The average molecular weight is 387 g/mol. The number of piperidine rings is 1. The van der Waals surface area contributed by atoms with Gasteiger partial charge in [0.1, 0.15) is 11.4 Å². The van der Waals surface area contributed by atoms with E-state index in [4.69, 9.17) is 0 Å². The lowest BCUT2D eigenvalue weighted by atomic mass is 9.92. The molecule has 28 heavy (non-hydrogen) atoms. The summed E-state index contributed by atoms with van der Waals surface area (Å²) in [6.07, 6.45) is -1.46. The Labute approximate surface area is 160 Å². The van der Waals surface area contributed by atoms with Crippen molar-refractivity contribution in [2.24, 2.45) is 5.92 Å². The Morgan fingerprint density at radius 3 is 2.54 bits per heavy atom. The minimum absolute atomic E-state index is 0.239. The summed E-state index contributed by atoms with van der Waals surface area (Å²) in [5.41, 5.74) is 0.599. The minimum Gasteiger partial charge on any atom is -0.507 e. The van der Waals surface area contributed by atoms with Gasteiger partial charge < -0.3 is 10.4 Å². The van der Waals surface area contributed by atoms with Crippen molar-refractivity contribution in [2.75, 3.05) is 13.1 Å². The lowest BCUT2D eigenvalue weighted by Gasteiger charge is -2.22. The van der Waals surface area contributed by atoms with Crippen molar-refractivity contribution in [3.63, 3.8) is 0 Å². The smallest absolute Gasteiger partial charge is 0.416 e. The number of phenols is 1. The van der Waals surface area contributed by atoms with Crippen molar-refractivity contribution in [1.82, 2.24) is 15.5 Å². The van der Waals surface area contributed by atoms with E-state index in [1.54, 1.807) is 0 Å². The molecule has 4 rings (SSSR count). The molecule has 0 spiro atoms. The van der Waals surface area contributed by atoms with Gasteiger partial charge in [-0.15, -0.1) is 5.10 Å². The topological polar surface area (TPSA) is 58.0 Å². The Morgan fingerprint density at radius 1 is 1.07 bits per heavy atom. The second-order valence-electron chi connectivity index (χ2n) is 7.19. The molecule has 0 bridgehead atoms. The van der Waals surface area contributed by atoms with Crippen molar-refractivity contribution >= 4 is 10.8 Å². The number of nitrogens with one attached hydrogen (secondary N) is 1. The number of hydrogen-bond donors (Lipinski definition) is 2. The summed E-state index contributed by atoms with van der Waals surface area (Å²) in [4.78, 5) is 0. The van der Waals surface area contributed by atoms with Gasteiger partial charge in [-0.1, -0.05) is 24.3 Å². The molecule has 7 heteroatoms. The molecule has 1 aliphatic rings. The van der Waals surface area contributed by atoms with Gasteiger partial charge in [0.25, 0.3) is 0 Å². The lowest BCUT2D eigenvalue weighted by molar-refractivity contribution is -0.137. The highest BCUT2D eigenvalue weighted by atomic mass is 19.4. The molecule has 1 fully saturated rings. The molecule has 4 nitrogen and oxygen atoms in total. The van der Waals surface area contributed by atoms with Crippen LogP contribution in [-0.2, 0) is 12.6 Å². The van der Waals surface area contributed by atoms with Crippen molar-refractivity contribution in [2.45, 2.75) is 25.4 Å². The maximum atomic E-state index is 12.9. The van der Waals surface area contributed by atoms with Crippen LogP contribution in [0, 0.1) is 5.92 Å². The largest absolute Gasteiger partial charge is 0.507 e. The predicted octanol–water partition coefficient (Wildman–Crippen LogP) is 4.56. The van der Waals surface area contributed by atoms with Crippen LogP contribution < -0.4 is 5.32 Å². The first-order valence-electron chi connectivity index (χ1n) is 9.29. The summed E-state index contributed by atoms with van der Waals surface area (Å²) in [6, 6.07) is 10.5. The van der Waals surface area contributed by atoms with E-state index in [2.05, 4.69) is 15.5 Å². The number of phenolic OH excluding ortho intramolecular Hbond substituents is 1. The van der Waals surface area contributed by atoms with E-state index in [0.717, 1.165) is 61.0 Å². The number of hydrogen-bond acceptors (Lipinski definition) is 4. The monoisotopic (exact) mass is 387 g/mol. The zero-order valence-electron chi connectivity index (χ0n) is 15.1. The third-order valence-corrected chi connectivity index (χ3v) is 5.22. The highest BCUT2D eigenvalue weighted by Gasteiger charge is 2.31. The summed E-state index contributed by atoms with van der Waals surface area (Å²) in [7, 11) is 0. The zero-order chi connectivity index (χ0) is 19.7. The Balaban J connectivity index is 1.76. The molecule has 2 N–H and O–H groups in total. The van der Waals surface area contributed by atoms with Crippen LogP contribution in [-0.4, -0.2) is 28.4 Å². The van der Waals surface area contributed by atoms with E-state index in [-0.39, 0.29) is 5.56 Å². The fourth-order valence-corrected chi connectivity index (χ4v) is 3.79. The predicted molar refractivity (Wildman–Crippen MR) is 101 cm³/mol. The minimum atomic E-state index is -4.51. The summed E-state index contributed by atoms with van der Waals surface area (Å²) in [5, 5.41) is 24.0. The molecule has 146 valence electrons. The van der Waals surface area contributed by atoms with E-state index in [1.807, 2.05) is 24.3 Å². The standard InChI is InChI=1S/C21H20F3N3O/c22-21(23,24)14-7-8-17(19(28)11-14)20-16-6-2-1-5-15(16)18(26-27-20)10-13-4-3-9-25-12-13/h1-2,5-8,11,13,25,28H,3-4,9-10,12H2. The molecule has 1 aliphatic heterocycles. The highest BCUT2D eigenvalue weighted by molar-refractivity contribution is 5.96. The van der Waals surface area contributed by atoms with Gasteiger partial charge >= 0.3 is 6.18 Å². The van der Waals surface area contributed by atoms with Gasteiger partial charge in [0, 0.05) is 16.3 Å². The maximum Gasteiger partial charge on any atom is 0.416 e. The number of aromatic hydroxyl groups is 1. The number of aromatic nitrogens is 2. The first kappa shape index (κ1) is 18.7. The molecule has 0 saturated carbocycles. The van der Waals surface area contributed by atoms with Gasteiger partial charge in [0.2, 0.25) is 0 Å². The number of nitrogens with zero attached hydrogens (tertiary/aromatic N) is 2. The van der Waals surface area contributed by atoms with Crippen LogP contribution in [0.1, 0.15) is 24.1 Å². The molecule has 1 aromatic heterocycles. The van der Waals surface area contributed by atoms with E-state index in [9.17, 15) is 18.3 Å². The van der Waals surface area contributed by atoms with Gasteiger partial charge in [-0.25, -0.2) is 0 Å². The Kier molecular flexibility index (Phi) is 4.93. The van der Waals surface area contributed by atoms with Gasteiger partial charge in [-0.2, -0.15) is 18.3 Å². The number of fused-ring (bicyclic) bond motifs is 1. The summed E-state index contributed by atoms with van der Waals surface area (Å²) in [6.45, 7) is 1.98. The van der Waals surface area contributed by atoms with Gasteiger partial charge in [-0.05, 0) is 56.5 Å². The van der Waals surface area contributed by atoms with E-state index >= 15 is 0 Å². The molecule has 2 aromatic carbocycles. The molecule has 1 unspecified atom stereocenters. The maximum absolute atomic E-state index is 12.9. The van der Waals surface area contributed by atoms with Crippen molar-refractivity contribution in [3.05, 3.63) is 53.7 Å². The van der Waals surface area contributed by atoms with Crippen LogP contribution in [0.15, 0.2) is 42.5 Å². The molecule has 1 atom stereocenters. The van der Waals surface area contributed by atoms with Gasteiger partial charge in [0.05, 0.1) is 11.3 Å². The number of halogens is 3. The van der Waals surface area contributed by atoms with Crippen molar-refractivity contribution in [3.8, 4) is 17.0 Å². The molecule has 0 radical (unpaired) electrons. The third kappa shape index (κ3) is 3.67. The molecular weight excluding hydrogens is 367 g/mol. The van der Waals surface area contributed by atoms with Crippen LogP contribution >= 0.6 is 0 Å². The molecule has 1 saturated heterocycles. The van der Waals surface area contributed by atoms with Gasteiger partial charge in [-0.3, -0.25) is 0 Å². The van der Waals surface area contributed by atoms with Crippen LogP contribution in [0.25, 0.3) is 22.0 Å². The normalized spacial score (nSPS) is 17.8. The average Bonchev–Trinajstić information content (AvgIpc) is 2.69. The van der Waals surface area contributed by atoms with Crippen LogP contribution in [0.5, 0.6) is 5.75 Å². The first-order valence-corrected chi connectivity index (χ1v) is 9.29. The highest BCUT2D eigenvalue weighted by Crippen LogP contribution is 2.38. The van der Waals surface area contributed by atoms with Crippen molar-refractivity contribution < 1.29 is 18.3 Å². The second kappa shape index (κ2) is 7.39. The zero-order valence-corrected chi connectivity index (χ0v) is 15.1. The van der Waals surface area contributed by atoms with Crippen LogP contribution in [0.4, 0.5) is 13.2 Å². The van der Waals surface area contributed by atoms with Crippen molar-refractivity contribution in [1.29, 1.82) is 0 Å². The first-order chi connectivity index (χ1) is 13.4. The van der Waals surface area contributed by atoms with E-state index in [0.29, 0.717) is 11.6 Å². The lowest BCUT2D eigenvalue weighted by Crippen LogP contribution is -2.31.